The number of terminal acetylenes is 1. The highest BCUT2D eigenvalue weighted by atomic mass is 19.1. The van der Waals surface area contributed by atoms with Gasteiger partial charge in [-0.25, -0.2) is 8.78 Å². The first-order valence-corrected chi connectivity index (χ1v) is 39.8. The van der Waals surface area contributed by atoms with Crippen LogP contribution >= 0.6 is 0 Å². The van der Waals surface area contributed by atoms with E-state index in [-0.39, 0.29) is 46.0 Å². The molecule has 558 valence electrons. The summed E-state index contributed by atoms with van der Waals surface area (Å²) in [6.45, 7) is 13.0. The smallest absolute Gasteiger partial charge is 0.257 e. The molecule has 2 aromatic heterocycles. The molecule has 0 saturated carbocycles. The van der Waals surface area contributed by atoms with Gasteiger partial charge in [0.05, 0.1) is 43.4 Å². The number of benzene rings is 3. The fraction of sp³-hybridized carbons (Fsp3) is 0.543. The molecule has 0 atom stereocenters. The highest BCUT2D eigenvalue weighted by molar-refractivity contribution is 6.04. The SMILES string of the molecule is C#CC#CC#CC#CC#CC#COc1cc(NC(=O)c2ccc(-c3cc(-c4ccc(C(=O)Cc5cc(C)c(OCCCCCCCCCCCC)c(OCCCCCCCCCCCC)c5)cn4)c(F)cc3F)nc2)cc(OCCCCCCCCCCCC)c1OCCCCCCCCCCCC. The molecule has 5 aromatic rings. The van der Waals surface area contributed by atoms with Gasteiger partial charge < -0.3 is 29.0 Å². The summed E-state index contributed by atoms with van der Waals surface area (Å²) in [5.74, 6) is 25.2. The van der Waals surface area contributed by atoms with Crippen molar-refractivity contribution in [3.05, 3.63) is 107 Å². The molecule has 0 aliphatic rings. The Balaban J connectivity index is 1.30. The number of anilines is 1. The molecule has 1 amide bonds. The van der Waals surface area contributed by atoms with Gasteiger partial charge in [0.25, 0.3) is 5.91 Å². The first kappa shape index (κ1) is 86.0. The number of ketones is 1. The number of aromatic nitrogens is 2. The van der Waals surface area contributed by atoms with Crippen LogP contribution in [0.15, 0.2) is 73.1 Å². The van der Waals surface area contributed by atoms with Gasteiger partial charge in [0.2, 0.25) is 5.75 Å². The fourth-order valence-corrected chi connectivity index (χ4v) is 12.5. The standard InChI is InChI=1S/C92H119F2N3O7/c1-7-12-17-22-27-32-37-42-47-52-61-100-87-68-76(66-75(6)90(87)103-64-55-50-45-40-35-30-25-20-15-10-4)67-86(98)77-57-59-84(95-73-77)80-71-81(83(94)72-82(80)93)85-60-58-78(74-96-85)92(99)97-79-69-88(101-62-53-48-43-38-33-28-23-18-13-8-2)91(104-65-56-51-46-41-36-31-26-21-16-11-5)89(70-79)102-63-54-49-44-39-34-29-24-19-14-9-3/h2,57-60,66,68-74H,7,9-12,14-17,19-22,24-27,29-32,34-37,39-42,44-47,49-52,54-56,61,63-65,67H2,1,3-6H3,(H,97,99). The van der Waals surface area contributed by atoms with Crippen molar-refractivity contribution in [3.8, 4) is 123 Å². The van der Waals surface area contributed by atoms with Gasteiger partial charge in [-0.15, -0.1) is 6.42 Å². The van der Waals surface area contributed by atoms with Gasteiger partial charge in [0.15, 0.2) is 28.8 Å². The van der Waals surface area contributed by atoms with Crippen LogP contribution in [0.3, 0.4) is 0 Å². The molecular formula is C92H119F2N3O7. The molecule has 0 saturated heterocycles. The largest absolute Gasteiger partial charge is 0.490 e. The Morgan fingerprint density at radius 1 is 0.404 bits per heavy atom. The number of halogens is 2. The number of aryl methyl sites for hydroxylation is 1. The normalized spacial score (nSPS) is 10.5. The second-order valence-electron chi connectivity index (χ2n) is 27.4. The van der Waals surface area contributed by atoms with Crippen molar-refractivity contribution in [1.29, 1.82) is 0 Å². The molecule has 0 bridgehead atoms. The van der Waals surface area contributed by atoms with Gasteiger partial charge >= 0.3 is 0 Å². The fourth-order valence-electron chi connectivity index (χ4n) is 12.5. The third-order valence-electron chi connectivity index (χ3n) is 18.4. The first-order chi connectivity index (χ1) is 51.1. The van der Waals surface area contributed by atoms with Crippen LogP contribution in [0.4, 0.5) is 14.5 Å². The van der Waals surface area contributed by atoms with Crippen molar-refractivity contribution in [2.45, 2.75) is 298 Å². The molecule has 0 radical (unpaired) electrons. The maximum atomic E-state index is 15.8. The molecular weight excluding hydrogens is 1300 g/mol. The van der Waals surface area contributed by atoms with E-state index in [4.69, 9.17) is 30.1 Å². The summed E-state index contributed by atoms with van der Waals surface area (Å²) in [6.07, 6.45) is 58.8. The van der Waals surface area contributed by atoms with Crippen molar-refractivity contribution in [3.63, 3.8) is 0 Å². The van der Waals surface area contributed by atoms with Crippen molar-refractivity contribution in [2.75, 3.05) is 31.7 Å². The Bertz CT molecular complexity index is 3670. The number of rotatable bonds is 56. The number of nitrogens with one attached hydrogen (secondary N) is 1. The van der Waals surface area contributed by atoms with Crippen molar-refractivity contribution in [1.82, 2.24) is 9.97 Å². The molecule has 0 fully saturated rings. The van der Waals surface area contributed by atoms with Crippen LogP contribution < -0.4 is 29.0 Å². The minimum atomic E-state index is -0.855. The van der Waals surface area contributed by atoms with E-state index in [1.54, 1.807) is 24.3 Å². The van der Waals surface area contributed by atoms with Gasteiger partial charge in [-0.3, -0.25) is 19.6 Å². The van der Waals surface area contributed by atoms with Gasteiger partial charge in [0, 0.05) is 89.0 Å². The summed E-state index contributed by atoms with van der Waals surface area (Å²) in [7, 11) is 0. The van der Waals surface area contributed by atoms with E-state index in [1.807, 2.05) is 19.1 Å². The highest BCUT2D eigenvalue weighted by Crippen LogP contribution is 2.42. The topological polar surface area (TPSA) is 118 Å². The average Bonchev–Trinajstić information content (AvgIpc) is 0.807. The van der Waals surface area contributed by atoms with E-state index >= 15 is 8.78 Å². The third kappa shape index (κ3) is 36.2. The van der Waals surface area contributed by atoms with Gasteiger partial charge in [-0.2, -0.15) is 0 Å². The van der Waals surface area contributed by atoms with Crippen molar-refractivity contribution >= 4 is 17.4 Å². The number of nitrogens with zero attached hydrogens (tertiary/aromatic N) is 2. The van der Waals surface area contributed by atoms with E-state index in [0.717, 1.165) is 87.2 Å². The van der Waals surface area contributed by atoms with Crippen LogP contribution in [0.5, 0.6) is 28.7 Å². The zero-order valence-electron chi connectivity index (χ0n) is 63.8. The monoisotopic (exact) mass is 1420 g/mol. The van der Waals surface area contributed by atoms with Crippen LogP contribution in [0.2, 0.25) is 0 Å². The number of carbonyl (C=O) groups excluding carboxylic acids is 2. The molecule has 5 rings (SSSR count). The number of Topliss-reactive ketones (excluding diaryl/α,β-unsaturated/α-hetero) is 1. The number of carbonyl (C=O) groups is 2. The van der Waals surface area contributed by atoms with Gasteiger partial charge in [-0.05, 0) is 110 Å². The number of hydrogen-bond acceptors (Lipinski definition) is 9. The lowest BCUT2D eigenvalue weighted by atomic mass is 10.00. The summed E-state index contributed by atoms with van der Waals surface area (Å²) in [5, 5.41) is 2.96. The molecule has 0 aliphatic carbocycles. The Labute approximate surface area is 625 Å². The van der Waals surface area contributed by atoms with Crippen LogP contribution in [-0.4, -0.2) is 48.1 Å². The summed E-state index contributed by atoms with van der Waals surface area (Å²) in [6, 6.07) is 15.6. The van der Waals surface area contributed by atoms with E-state index in [1.165, 1.54) is 223 Å². The molecule has 0 unspecified atom stereocenters. The Morgan fingerprint density at radius 2 is 0.769 bits per heavy atom. The molecule has 2 heterocycles. The molecule has 10 nitrogen and oxygen atoms in total. The molecule has 0 aliphatic heterocycles. The zero-order chi connectivity index (χ0) is 74.1. The second-order valence-corrected chi connectivity index (χ2v) is 27.4. The Hall–Kier alpha value is -8.68. The average molecular weight is 1420 g/mol. The molecule has 104 heavy (non-hydrogen) atoms. The second kappa shape index (κ2) is 55.8. The summed E-state index contributed by atoms with van der Waals surface area (Å²) < 4.78 is 63.6. The van der Waals surface area contributed by atoms with Gasteiger partial charge in [0.1, 0.15) is 17.7 Å². The Kier molecular flexibility index (Phi) is 46.1. The van der Waals surface area contributed by atoms with E-state index in [9.17, 15) is 9.59 Å². The lowest BCUT2D eigenvalue weighted by Gasteiger charge is -2.17. The number of hydrogen-bond donors (Lipinski definition) is 1. The van der Waals surface area contributed by atoms with Crippen LogP contribution in [0.1, 0.15) is 316 Å². The predicted octanol–water partition coefficient (Wildman–Crippen LogP) is 24.3. The zero-order valence-corrected chi connectivity index (χ0v) is 63.8. The van der Waals surface area contributed by atoms with E-state index in [0.29, 0.717) is 54.9 Å². The van der Waals surface area contributed by atoms with Crippen molar-refractivity contribution < 1.29 is 42.1 Å². The lowest BCUT2D eigenvalue weighted by molar-refractivity contribution is 0.0990. The first-order valence-electron chi connectivity index (χ1n) is 39.8. The number of amides is 1. The minimum absolute atomic E-state index is 0.00959. The molecule has 12 heteroatoms. The minimum Gasteiger partial charge on any atom is -0.490 e. The number of pyridine rings is 2. The highest BCUT2D eigenvalue weighted by Gasteiger charge is 2.21. The molecule has 0 spiro atoms. The van der Waals surface area contributed by atoms with Crippen LogP contribution in [0.25, 0.3) is 22.5 Å². The van der Waals surface area contributed by atoms with Gasteiger partial charge in [-0.1, -0.05) is 265 Å². The maximum Gasteiger partial charge on any atom is 0.257 e. The van der Waals surface area contributed by atoms with Crippen LogP contribution in [-0.2, 0) is 6.42 Å². The Morgan fingerprint density at radius 3 is 1.18 bits per heavy atom. The predicted molar refractivity (Wildman–Crippen MR) is 424 cm³/mol. The molecule has 1 N–H and O–H groups in total. The van der Waals surface area contributed by atoms with E-state index < -0.39 is 17.5 Å². The number of ether oxygens (including phenoxy) is 5. The quantitative estimate of drug-likeness (QED) is 0.0231. The van der Waals surface area contributed by atoms with Crippen molar-refractivity contribution in [2.24, 2.45) is 0 Å². The van der Waals surface area contributed by atoms with Crippen LogP contribution in [0, 0.1) is 90.3 Å². The summed E-state index contributed by atoms with van der Waals surface area (Å²) in [4.78, 5) is 37.1. The third-order valence-corrected chi connectivity index (χ3v) is 18.4. The lowest BCUT2D eigenvalue weighted by Crippen LogP contribution is -2.13. The molecule has 3 aromatic carbocycles. The number of unbranched alkanes of at least 4 members (excludes halogenated alkanes) is 36. The summed E-state index contributed by atoms with van der Waals surface area (Å²) in [5.41, 5.74) is 2.88. The van der Waals surface area contributed by atoms with E-state index in [2.05, 4.69) is 108 Å². The maximum absolute atomic E-state index is 15.8. The summed E-state index contributed by atoms with van der Waals surface area (Å²) >= 11 is 0.